The fourth-order valence-corrected chi connectivity index (χ4v) is 2.30. The van der Waals surface area contributed by atoms with E-state index in [1.807, 2.05) is 24.6 Å². The summed E-state index contributed by atoms with van der Waals surface area (Å²) < 4.78 is 1.88. The molecule has 0 saturated carbocycles. The second kappa shape index (κ2) is 5.53. The van der Waals surface area contributed by atoms with Crippen molar-refractivity contribution < 1.29 is 5.11 Å². The highest BCUT2D eigenvalue weighted by Gasteiger charge is 2.14. The Kier molecular flexibility index (Phi) is 4.00. The first kappa shape index (κ1) is 13.7. The van der Waals surface area contributed by atoms with Crippen LogP contribution >= 0.6 is 0 Å². The summed E-state index contributed by atoms with van der Waals surface area (Å²) in [4.78, 5) is 4.57. The van der Waals surface area contributed by atoms with Crippen molar-refractivity contribution in [1.29, 1.82) is 0 Å². The van der Waals surface area contributed by atoms with Gasteiger partial charge in [0.2, 0.25) is 0 Å². The molecule has 0 saturated heterocycles. The summed E-state index contributed by atoms with van der Waals surface area (Å²) in [6, 6.07) is 4.10. The van der Waals surface area contributed by atoms with Gasteiger partial charge in [-0.2, -0.15) is 5.10 Å². The molecule has 0 aromatic carbocycles. The van der Waals surface area contributed by atoms with Gasteiger partial charge in [-0.15, -0.1) is 0 Å². The summed E-state index contributed by atoms with van der Waals surface area (Å²) in [7, 11) is 0. The minimum Gasteiger partial charge on any atom is -0.392 e. The van der Waals surface area contributed by atoms with E-state index in [9.17, 15) is 5.11 Å². The molecule has 2 rings (SSSR count). The summed E-state index contributed by atoms with van der Waals surface area (Å²) in [6.07, 6.45) is 1.80. The molecule has 0 fully saturated rings. The predicted molar refractivity (Wildman–Crippen MR) is 75.5 cm³/mol. The van der Waals surface area contributed by atoms with Crippen LogP contribution in [0.4, 0.5) is 0 Å². The molecule has 102 valence electrons. The Labute approximate surface area is 114 Å². The van der Waals surface area contributed by atoms with E-state index in [2.05, 4.69) is 30.0 Å². The largest absolute Gasteiger partial charge is 0.392 e. The van der Waals surface area contributed by atoms with E-state index >= 15 is 0 Å². The lowest BCUT2D eigenvalue weighted by atomic mass is 10.1. The molecule has 0 unspecified atom stereocenters. The molecule has 0 bridgehead atoms. The van der Waals surface area contributed by atoms with Gasteiger partial charge in [0, 0.05) is 17.0 Å². The van der Waals surface area contributed by atoms with Crippen molar-refractivity contribution in [3.8, 4) is 5.82 Å². The lowest BCUT2D eigenvalue weighted by Crippen LogP contribution is -2.10. The third-order valence-electron chi connectivity index (χ3n) is 3.37. The maximum Gasteiger partial charge on any atom is 0.159 e. The number of aliphatic hydroxyl groups excluding tert-OH is 1. The second-order valence-electron chi connectivity index (χ2n) is 4.79. The van der Waals surface area contributed by atoms with Crippen LogP contribution in [0.5, 0.6) is 0 Å². The average Bonchev–Trinajstić information content (AvgIpc) is 2.81. The zero-order valence-corrected chi connectivity index (χ0v) is 12.1. The maximum absolute atomic E-state index is 9.60. The van der Waals surface area contributed by atoms with Crippen LogP contribution in [0.15, 0.2) is 12.1 Å². The first-order chi connectivity index (χ1) is 9.10. The highest BCUT2D eigenvalue weighted by Crippen LogP contribution is 2.20. The van der Waals surface area contributed by atoms with E-state index in [-0.39, 0.29) is 6.61 Å². The molecule has 2 aromatic rings. The van der Waals surface area contributed by atoms with Gasteiger partial charge in [0.1, 0.15) is 0 Å². The molecule has 0 radical (unpaired) electrons. The Balaban J connectivity index is 2.66. The molecule has 1 N–H and O–H groups in total. The van der Waals surface area contributed by atoms with E-state index in [1.165, 1.54) is 0 Å². The van der Waals surface area contributed by atoms with Gasteiger partial charge in [0.25, 0.3) is 0 Å². The van der Waals surface area contributed by atoms with E-state index in [4.69, 9.17) is 0 Å². The highest BCUT2D eigenvalue weighted by atomic mass is 16.3. The number of hydrogen-bond donors (Lipinski definition) is 1. The van der Waals surface area contributed by atoms with Gasteiger partial charge in [-0.3, -0.25) is 0 Å². The van der Waals surface area contributed by atoms with Gasteiger partial charge in [-0.25, -0.2) is 9.67 Å². The predicted octanol–water partition coefficient (Wildman–Crippen LogP) is 2.50. The van der Waals surface area contributed by atoms with Crippen molar-refractivity contribution in [2.45, 2.75) is 47.1 Å². The molecule has 2 aromatic heterocycles. The van der Waals surface area contributed by atoms with Gasteiger partial charge in [0.05, 0.1) is 12.3 Å². The normalized spacial score (nSPS) is 11.0. The van der Waals surface area contributed by atoms with Crippen LogP contribution < -0.4 is 0 Å². The van der Waals surface area contributed by atoms with Crippen molar-refractivity contribution in [3.05, 3.63) is 40.3 Å². The number of aryl methyl sites for hydroxylation is 4. The first-order valence-corrected chi connectivity index (χ1v) is 6.76. The number of hydrogen-bond acceptors (Lipinski definition) is 3. The SMILES string of the molecule is CCc1cc(CC)n(-c2nc(C)cc(C)c2CO)n1. The molecule has 0 aliphatic heterocycles. The number of aromatic nitrogens is 3. The summed E-state index contributed by atoms with van der Waals surface area (Å²) in [5.41, 5.74) is 5.04. The molecular weight excluding hydrogens is 238 g/mol. The average molecular weight is 259 g/mol. The van der Waals surface area contributed by atoms with E-state index < -0.39 is 0 Å². The number of aliphatic hydroxyl groups is 1. The van der Waals surface area contributed by atoms with Gasteiger partial charge in [0.15, 0.2) is 5.82 Å². The topological polar surface area (TPSA) is 50.9 Å². The molecule has 19 heavy (non-hydrogen) atoms. The molecule has 0 amide bonds. The first-order valence-electron chi connectivity index (χ1n) is 6.76. The van der Waals surface area contributed by atoms with Crippen molar-refractivity contribution in [1.82, 2.24) is 14.8 Å². The molecule has 0 atom stereocenters. The summed E-state index contributed by atoms with van der Waals surface area (Å²) in [6.45, 7) is 8.15. The van der Waals surface area contributed by atoms with Crippen LogP contribution in [0.3, 0.4) is 0 Å². The lowest BCUT2D eigenvalue weighted by molar-refractivity contribution is 0.280. The number of pyridine rings is 1. The Morgan fingerprint density at radius 2 is 1.89 bits per heavy atom. The van der Waals surface area contributed by atoms with E-state index in [0.29, 0.717) is 0 Å². The van der Waals surface area contributed by atoms with Gasteiger partial charge in [-0.1, -0.05) is 13.8 Å². The number of rotatable bonds is 4. The smallest absolute Gasteiger partial charge is 0.159 e. The quantitative estimate of drug-likeness (QED) is 0.917. The fourth-order valence-electron chi connectivity index (χ4n) is 2.30. The third kappa shape index (κ3) is 2.54. The zero-order chi connectivity index (χ0) is 14.0. The Bertz CT molecular complexity index is 587. The molecule has 4 heteroatoms. The summed E-state index contributed by atoms with van der Waals surface area (Å²) in [5.74, 6) is 0.761. The monoisotopic (exact) mass is 259 g/mol. The van der Waals surface area contributed by atoms with Crippen LogP contribution in [0.2, 0.25) is 0 Å². The van der Waals surface area contributed by atoms with Crippen LogP contribution in [-0.2, 0) is 19.4 Å². The molecule has 4 nitrogen and oxygen atoms in total. The Hall–Kier alpha value is -1.68. The van der Waals surface area contributed by atoms with Crippen molar-refractivity contribution in [2.24, 2.45) is 0 Å². The second-order valence-corrected chi connectivity index (χ2v) is 4.79. The van der Waals surface area contributed by atoms with Crippen LogP contribution in [-0.4, -0.2) is 19.9 Å². The molecule has 0 aliphatic carbocycles. The minimum absolute atomic E-state index is 0.0150. The summed E-state index contributed by atoms with van der Waals surface area (Å²) >= 11 is 0. The van der Waals surface area contributed by atoms with Crippen molar-refractivity contribution >= 4 is 0 Å². The Morgan fingerprint density at radius 3 is 2.47 bits per heavy atom. The number of nitrogens with zero attached hydrogens (tertiary/aromatic N) is 3. The Morgan fingerprint density at radius 1 is 1.16 bits per heavy atom. The summed E-state index contributed by atoms with van der Waals surface area (Å²) in [5, 5.41) is 14.2. The van der Waals surface area contributed by atoms with Crippen LogP contribution in [0.1, 0.15) is 42.1 Å². The minimum atomic E-state index is -0.0150. The van der Waals surface area contributed by atoms with Crippen LogP contribution in [0.25, 0.3) is 5.82 Å². The van der Waals surface area contributed by atoms with Crippen molar-refractivity contribution in [2.75, 3.05) is 0 Å². The van der Waals surface area contributed by atoms with Gasteiger partial charge < -0.3 is 5.11 Å². The standard InChI is InChI=1S/C15H21N3O/c1-5-12-8-13(6-2)18(17-12)15-14(9-19)10(3)7-11(4)16-15/h7-8,19H,5-6,9H2,1-4H3. The molecule has 0 spiro atoms. The molecule has 2 heterocycles. The zero-order valence-electron chi connectivity index (χ0n) is 12.1. The maximum atomic E-state index is 9.60. The van der Waals surface area contributed by atoms with Crippen LogP contribution in [0, 0.1) is 13.8 Å². The molecule has 0 aliphatic rings. The lowest BCUT2D eigenvalue weighted by Gasteiger charge is -2.13. The highest BCUT2D eigenvalue weighted by molar-refractivity contribution is 5.41. The van der Waals surface area contributed by atoms with Crippen molar-refractivity contribution in [3.63, 3.8) is 0 Å². The van der Waals surface area contributed by atoms with E-state index in [1.54, 1.807) is 0 Å². The third-order valence-corrected chi connectivity index (χ3v) is 3.37. The molecular formula is C15H21N3O. The van der Waals surface area contributed by atoms with E-state index in [0.717, 1.165) is 46.9 Å². The van der Waals surface area contributed by atoms with Gasteiger partial charge in [-0.05, 0) is 44.4 Å². The fraction of sp³-hybridized carbons (Fsp3) is 0.467. The van der Waals surface area contributed by atoms with Gasteiger partial charge >= 0.3 is 0 Å².